The van der Waals surface area contributed by atoms with E-state index in [1.165, 1.54) is 18.3 Å². The second-order valence-corrected chi connectivity index (χ2v) is 7.00. The first-order valence-electron chi connectivity index (χ1n) is 8.39. The van der Waals surface area contributed by atoms with Crippen LogP contribution >= 0.6 is 11.3 Å². The quantitative estimate of drug-likeness (QED) is 0.687. The lowest BCUT2D eigenvalue weighted by molar-refractivity contribution is -0.114. The van der Waals surface area contributed by atoms with Crippen LogP contribution in [0.25, 0.3) is 0 Å². The third-order valence-electron chi connectivity index (χ3n) is 3.86. The van der Waals surface area contributed by atoms with Gasteiger partial charge >= 0.3 is 0 Å². The molecule has 0 aliphatic rings. The number of rotatable bonds is 5. The van der Waals surface area contributed by atoms with Crippen LogP contribution in [-0.4, -0.2) is 23.8 Å². The molecular formula is C20H20N4O2S. The van der Waals surface area contributed by atoms with Gasteiger partial charge in [-0.05, 0) is 37.3 Å². The number of carbonyl (C=O) groups excluding carboxylic acids is 2. The highest BCUT2D eigenvalue weighted by atomic mass is 32.1. The SMILES string of the molecule is CC(=O)Nc1cccc(NC(=O)c2sc(N(C)c3ccccc3)nc2C)c1. The van der Waals surface area contributed by atoms with Gasteiger partial charge in [-0.15, -0.1) is 0 Å². The summed E-state index contributed by atoms with van der Waals surface area (Å²) in [7, 11) is 1.92. The van der Waals surface area contributed by atoms with E-state index in [2.05, 4.69) is 15.6 Å². The number of amides is 2. The molecule has 0 atom stereocenters. The molecule has 0 radical (unpaired) electrons. The fourth-order valence-corrected chi connectivity index (χ4v) is 3.51. The number of nitrogens with zero attached hydrogens (tertiary/aromatic N) is 2. The number of anilines is 4. The molecule has 2 amide bonds. The van der Waals surface area contributed by atoms with Gasteiger partial charge in [0.2, 0.25) is 5.91 Å². The Morgan fingerprint density at radius 1 is 1.00 bits per heavy atom. The van der Waals surface area contributed by atoms with Gasteiger partial charge in [0, 0.05) is 31.0 Å². The zero-order valence-electron chi connectivity index (χ0n) is 15.3. The molecule has 2 N–H and O–H groups in total. The number of hydrogen-bond donors (Lipinski definition) is 2. The summed E-state index contributed by atoms with van der Waals surface area (Å²) in [6.45, 7) is 3.26. The van der Waals surface area contributed by atoms with Crippen LogP contribution in [0.2, 0.25) is 0 Å². The Labute approximate surface area is 161 Å². The molecule has 7 heteroatoms. The number of nitrogens with one attached hydrogen (secondary N) is 2. The van der Waals surface area contributed by atoms with Crippen LogP contribution in [0.5, 0.6) is 0 Å². The Hall–Kier alpha value is -3.19. The standard InChI is InChI=1S/C20H20N4O2S/c1-13-18(27-20(21-13)24(3)17-10-5-4-6-11-17)19(26)23-16-9-7-8-15(12-16)22-14(2)25/h4-12H,1-3H3,(H,22,25)(H,23,26). The number of hydrogen-bond acceptors (Lipinski definition) is 5. The molecule has 1 heterocycles. The van der Waals surface area contributed by atoms with Crippen molar-refractivity contribution in [3.63, 3.8) is 0 Å². The van der Waals surface area contributed by atoms with Gasteiger partial charge in [-0.25, -0.2) is 4.98 Å². The summed E-state index contributed by atoms with van der Waals surface area (Å²) >= 11 is 1.34. The average molecular weight is 380 g/mol. The van der Waals surface area contributed by atoms with Crippen LogP contribution in [0, 0.1) is 6.92 Å². The van der Waals surface area contributed by atoms with Crippen LogP contribution in [0.15, 0.2) is 54.6 Å². The number of para-hydroxylation sites is 1. The van der Waals surface area contributed by atoms with Crippen molar-refractivity contribution < 1.29 is 9.59 Å². The van der Waals surface area contributed by atoms with E-state index in [-0.39, 0.29) is 11.8 Å². The predicted octanol–water partition coefficient (Wildman–Crippen LogP) is 4.43. The molecule has 3 aromatic rings. The Kier molecular flexibility index (Phi) is 5.52. The molecule has 0 spiro atoms. The van der Waals surface area contributed by atoms with E-state index in [1.54, 1.807) is 24.3 Å². The van der Waals surface area contributed by atoms with Gasteiger partial charge in [-0.3, -0.25) is 9.59 Å². The van der Waals surface area contributed by atoms with Crippen molar-refractivity contribution in [2.24, 2.45) is 0 Å². The number of benzene rings is 2. The summed E-state index contributed by atoms with van der Waals surface area (Å²) in [4.78, 5) is 30.9. The lowest BCUT2D eigenvalue weighted by atomic mass is 10.2. The van der Waals surface area contributed by atoms with Gasteiger partial charge in [-0.2, -0.15) is 0 Å². The zero-order valence-corrected chi connectivity index (χ0v) is 16.1. The summed E-state index contributed by atoms with van der Waals surface area (Å²) in [5, 5.41) is 6.31. The molecule has 0 aliphatic heterocycles. The molecule has 138 valence electrons. The maximum Gasteiger partial charge on any atom is 0.267 e. The predicted molar refractivity (Wildman–Crippen MR) is 110 cm³/mol. The molecular weight excluding hydrogens is 360 g/mol. The average Bonchev–Trinajstić information content (AvgIpc) is 3.03. The normalized spacial score (nSPS) is 10.3. The van der Waals surface area contributed by atoms with Crippen molar-refractivity contribution in [2.75, 3.05) is 22.6 Å². The minimum absolute atomic E-state index is 0.162. The fraction of sp³-hybridized carbons (Fsp3) is 0.150. The second kappa shape index (κ2) is 8.01. The van der Waals surface area contributed by atoms with Gasteiger partial charge < -0.3 is 15.5 Å². The highest BCUT2D eigenvalue weighted by molar-refractivity contribution is 7.17. The smallest absolute Gasteiger partial charge is 0.267 e. The van der Waals surface area contributed by atoms with Crippen molar-refractivity contribution >= 4 is 45.3 Å². The highest BCUT2D eigenvalue weighted by Crippen LogP contribution is 2.30. The van der Waals surface area contributed by atoms with Crippen molar-refractivity contribution in [1.29, 1.82) is 0 Å². The first kappa shape index (κ1) is 18.6. The lowest BCUT2D eigenvalue weighted by Gasteiger charge is -2.15. The van der Waals surface area contributed by atoms with E-state index in [9.17, 15) is 9.59 Å². The Morgan fingerprint density at radius 2 is 1.67 bits per heavy atom. The molecule has 0 saturated heterocycles. The maximum atomic E-state index is 12.7. The Bertz CT molecular complexity index is 969. The van der Waals surface area contributed by atoms with Gasteiger partial charge in [0.15, 0.2) is 5.13 Å². The van der Waals surface area contributed by atoms with Crippen LogP contribution in [0.1, 0.15) is 22.3 Å². The van der Waals surface area contributed by atoms with E-state index in [4.69, 9.17) is 0 Å². The van der Waals surface area contributed by atoms with Gasteiger partial charge in [0.25, 0.3) is 5.91 Å². The molecule has 1 aromatic heterocycles. The summed E-state index contributed by atoms with van der Waals surface area (Å²) in [6, 6.07) is 16.9. The molecule has 0 unspecified atom stereocenters. The molecule has 2 aromatic carbocycles. The van der Waals surface area contributed by atoms with Crippen LogP contribution < -0.4 is 15.5 Å². The molecule has 0 aliphatic carbocycles. The topological polar surface area (TPSA) is 74.3 Å². The monoisotopic (exact) mass is 380 g/mol. The van der Waals surface area contributed by atoms with E-state index in [0.29, 0.717) is 21.9 Å². The number of carbonyl (C=O) groups is 2. The maximum absolute atomic E-state index is 12.7. The van der Waals surface area contributed by atoms with Crippen molar-refractivity contribution in [1.82, 2.24) is 4.98 Å². The molecule has 3 rings (SSSR count). The highest BCUT2D eigenvalue weighted by Gasteiger charge is 2.18. The first-order valence-corrected chi connectivity index (χ1v) is 9.21. The molecule has 27 heavy (non-hydrogen) atoms. The third kappa shape index (κ3) is 4.51. The summed E-state index contributed by atoms with van der Waals surface area (Å²) < 4.78 is 0. The van der Waals surface area contributed by atoms with Crippen molar-refractivity contribution in [2.45, 2.75) is 13.8 Å². The molecule has 0 fully saturated rings. The van der Waals surface area contributed by atoms with Gasteiger partial charge in [0.1, 0.15) is 4.88 Å². The van der Waals surface area contributed by atoms with Gasteiger partial charge in [-0.1, -0.05) is 35.6 Å². The van der Waals surface area contributed by atoms with E-state index < -0.39 is 0 Å². The number of aromatic nitrogens is 1. The number of thiazole rings is 1. The summed E-state index contributed by atoms with van der Waals surface area (Å²) in [6.07, 6.45) is 0. The number of aryl methyl sites for hydroxylation is 1. The minimum Gasteiger partial charge on any atom is -0.326 e. The Morgan fingerprint density at radius 3 is 2.33 bits per heavy atom. The molecule has 6 nitrogen and oxygen atoms in total. The van der Waals surface area contributed by atoms with E-state index in [0.717, 1.165) is 10.8 Å². The zero-order chi connectivity index (χ0) is 19.4. The first-order chi connectivity index (χ1) is 12.9. The van der Waals surface area contributed by atoms with Crippen LogP contribution in [0.3, 0.4) is 0 Å². The lowest BCUT2D eigenvalue weighted by Crippen LogP contribution is -2.12. The summed E-state index contributed by atoms with van der Waals surface area (Å²) in [5.41, 5.74) is 2.91. The molecule has 0 saturated carbocycles. The molecule has 0 bridgehead atoms. The van der Waals surface area contributed by atoms with E-state index >= 15 is 0 Å². The van der Waals surface area contributed by atoms with Crippen molar-refractivity contribution in [3.05, 3.63) is 65.2 Å². The third-order valence-corrected chi connectivity index (χ3v) is 5.10. The minimum atomic E-state index is -0.224. The fourth-order valence-electron chi connectivity index (χ4n) is 2.56. The largest absolute Gasteiger partial charge is 0.326 e. The van der Waals surface area contributed by atoms with Crippen molar-refractivity contribution in [3.8, 4) is 0 Å². The van der Waals surface area contributed by atoms with Crippen LogP contribution in [-0.2, 0) is 4.79 Å². The van der Waals surface area contributed by atoms with Gasteiger partial charge in [0.05, 0.1) is 5.69 Å². The summed E-state index contributed by atoms with van der Waals surface area (Å²) in [5.74, 6) is -0.386. The van der Waals surface area contributed by atoms with E-state index in [1.807, 2.05) is 49.2 Å². The Balaban J connectivity index is 1.78. The van der Waals surface area contributed by atoms with Crippen LogP contribution in [0.4, 0.5) is 22.2 Å². The second-order valence-electron chi connectivity index (χ2n) is 6.02.